The van der Waals surface area contributed by atoms with Gasteiger partial charge in [-0.3, -0.25) is 0 Å². The Kier molecular flexibility index (Phi) is 2.96. The standard InChI is InChI=1S/C10H12N2S2/c1-7-4-13-6-9(7)10-12-8(2-3-11)5-14-10/h4-6H,2-3,11H2,1H3. The van der Waals surface area contributed by atoms with E-state index in [0.717, 1.165) is 17.1 Å². The molecule has 0 aliphatic rings. The first kappa shape index (κ1) is 9.83. The SMILES string of the molecule is Cc1cscc1-c1nc(CCN)cs1. The molecular weight excluding hydrogens is 212 g/mol. The lowest BCUT2D eigenvalue weighted by Gasteiger charge is -1.92. The van der Waals surface area contributed by atoms with Crippen LogP contribution in [0, 0.1) is 6.92 Å². The van der Waals surface area contributed by atoms with Crippen LogP contribution in [0.15, 0.2) is 16.1 Å². The van der Waals surface area contributed by atoms with Crippen molar-refractivity contribution in [3.63, 3.8) is 0 Å². The summed E-state index contributed by atoms with van der Waals surface area (Å²) in [5, 5.41) is 7.52. The highest BCUT2D eigenvalue weighted by Gasteiger charge is 2.07. The Balaban J connectivity index is 2.29. The Morgan fingerprint density at radius 2 is 2.21 bits per heavy atom. The van der Waals surface area contributed by atoms with Crippen LogP contribution >= 0.6 is 22.7 Å². The first-order valence-corrected chi connectivity index (χ1v) is 6.31. The molecule has 0 saturated carbocycles. The highest BCUT2D eigenvalue weighted by atomic mass is 32.1. The molecule has 0 saturated heterocycles. The third-order valence-electron chi connectivity index (χ3n) is 2.04. The largest absolute Gasteiger partial charge is 0.330 e. The molecule has 0 aliphatic heterocycles. The maximum atomic E-state index is 5.49. The van der Waals surface area contributed by atoms with E-state index in [1.54, 1.807) is 22.7 Å². The summed E-state index contributed by atoms with van der Waals surface area (Å²) in [6.45, 7) is 2.79. The predicted molar refractivity (Wildman–Crippen MR) is 62.9 cm³/mol. The van der Waals surface area contributed by atoms with E-state index in [-0.39, 0.29) is 0 Å². The second-order valence-electron chi connectivity index (χ2n) is 3.15. The van der Waals surface area contributed by atoms with Gasteiger partial charge >= 0.3 is 0 Å². The Hall–Kier alpha value is -0.710. The zero-order valence-electron chi connectivity index (χ0n) is 7.99. The van der Waals surface area contributed by atoms with Crippen molar-refractivity contribution in [3.8, 4) is 10.6 Å². The van der Waals surface area contributed by atoms with Crippen molar-refractivity contribution in [2.24, 2.45) is 5.73 Å². The highest BCUT2D eigenvalue weighted by molar-refractivity contribution is 7.14. The first-order valence-electron chi connectivity index (χ1n) is 4.49. The molecule has 2 aromatic rings. The van der Waals surface area contributed by atoms with Crippen LogP contribution in [0.25, 0.3) is 10.6 Å². The van der Waals surface area contributed by atoms with E-state index in [2.05, 4.69) is 28.0 Å². The van der Waals surface area contributed by atoms with E-state index in [9.17, 15) is 0 Å². The van der Waals surface area contributed by atoms with Crippen molar-refractivity contribution in [3.05, 3.63) is 27.4 Å². The molecular formula is C10H12N2S2. The van der Waals surface area contributed by atoms with Crippen molar-refractivity contribution in [1.82, 2.24) is 4.98 Å². The van der Waals surface area contributed by atoms with Crippen LogP contribution < -0.4 is 5.73 Å². The van der Waals surface area contributed by atoms with Crippen molar-refractivity contribution in [2.45, 2.75) is 13.3 Å². The first-order chi connectivity index (χ1) is 6.81. The number of nitrogens with zero attached hydrogens (tertiary/aromatic N) is 1. The van der Waals surface area contributed by atoms with Gasteiger partial charge in [-0.25, -0.2) is 4.98 Å². The number of aromatic nitrogens is 1. The van der Waals surface area contributed by atoms with Crippen LogP contribution in [0.5, 0.6) is 0 Å². The minimum absolute atomic E-state index is 0.672. The van der Waals surface area contributed by atoms with E-state index < -0.39 is 0 Å². The average Bonchev–Trinajstić information content (AvgIpc) is 2.74. The molecule has 0 radical (unpaired) electrons. The second-order valence-corrected chi connectivity index (χ2v) is 4.75. The van der Waals surface area contributed by atoms with Crippen LogP contribution in [-0.4, -0.2) is 11.5 Å². The molecule has 2 heterocycles. The Bertz CT molecular complexity index is 417. The molecule has 0 aromatic carbocycles. The second kappa shape index (κ2) is 4.21. The third-order valence-corrected chi connectivity index (χ3v) is 3.82. The number of rotatable bonds is 3. The van der Waals surface area contributed by atoms with Crippen molar-refractivity contribution >= 4 is 22.7 Å². The summed E-state index contributed by atoms with van der Waals surface area (Å²) in [7, 11) is 0. The lowest BCUT2D eigenvalue weighted by Crippen LogP contribution is -2.02. The molecule has 2 rings (SSSR count). The minimum Gasteiger partial charge on any atom is -0.330 e. The van der Waals surface area contributed by atoms with Gasteiger partial charge in [-0.05, 0) is 24.4 Å². The predicted octanol–water partition coefficient (Wildman–Crippen LogP) is 2.68. The molecule has 0 unspecified atom stereocenters. The molecule has 14 heavy (non-hydrogen) atoms. The molecule has 0 amide bonds. The van der Waals surface area contributed by atoms with Gasteiger partial charge in [0.2, 0.25) is 0 Å². The number of thiazole rings is 1. The number of hydrogen-bond donors (Lipinski definition) is 1. The van der Waals surface area contributed by atoms with Crippen LogP contribution in [0.3, 0.4) is 0 Å². The Morgan fingerprint density at radius 3 is 2.86 bits per heavy atom. The lowest BCUT2D eigenvalue weighted by atomic mass is 10.2. The summed E-state index contributed by atoms with van der Waals surface area (Å²) in [6, 6.07) is 0. The summed E-state index contributed by atoms with van der Waals surface area (Å²) in [5.41, 5.74) is 9.17. The highest BCUT2D eigenvalue weighted by Crippen LogP contribution is 2.29. The topological polar surface area (TPSA) is 38.9 Å². The van der Waals surface area contributed by atoms with E-state index in [1.165, 1.54) is 11.1 Å². The lowest BCUT2D eigenvalue weighted by molar-refractivity contribution is 0.936. The molecule has 4 heteroatoms. The maximum absolute atomic E-state index is 5.49. The van der Waals surface area contributed by atoms with Gasteiger partial charge in [0.15, 0.2) is 0 Å². The van der Waals surface area contributed by atoms with Gasteiger partial charge in [0.05, 0.1) is 5.69 Å². The Morgan fingerprint density at radius 1 is 1.36 bits per heavy atom. The third kappa shape index (κ3) is 1.87. The average molecular weight is 224 g/mol. The van der Waals surface area contributed by atoms with Gasteiger partial charge in [0.25, 0.3) is 0 Å². The number of aryl methyl sites for hydroxylation is 1. The van der Waals surface area contributed by atoms with Gasteiger partial charge in [0.1, 0.15) is 5.01 Å². The molecule has 2 N–H and O–H groups in total. The molecule has 0 fully saturated rings. The normalized spacial score (nSPS) is 10.7. The fourth-order valence-electron chi connectivity index (χ4n) is 1.27. The number of thiophene rings is 1. The van der Waals surface area contributed by atoms with E-state index in [1.807, 2.05) is 0 Å². The summed E-state index contributed by atoms with van der Waals surface area (Å²) < 4.78 is 0. The maximum Gasteiger partial charge on any atom is 0.124 e. The van der Waals surface area contributed by atoms with Crippen molar-refractivity contribution in [2.75, 3.05) is 6.54 Å². The van der Waals surface area contributed by atoms with Crippen molar-refractivity contribution < 1.29 is 0 Å². The van der Waals surface area contributed by atoms with Crippen LogP contribution in [0.2, 0.25) is 0 Å². The number of hydrogen-bond acceptors (Lipinski definition) is 4. The van der Waals surface area contributed by atoms with E-state index in [0.29, 0.717) is 6.54 Å². The molecule has 0 bridgehead atoms. The van der Waals surface area contributed by atoms with Gasteiger partial charge in [-0.15, -0.1) is 11.3 Å². The van der Waals surface area contributed by atoms with Crippen LogP contribution in [-0.2, 0) is 6.42 Å². The van der Waals surface area contributed by atoms with Gasteiger partial charge in [-0.1, -0.05) is 0 Å². The summed E-state index contributed by atoms with van der Waals surface area (Å²) in [6.07, 6.45) is 0.875. The fraction of sp³-hybridized carbons (Fsp3) is 0.300. The summed E-state index contributed by atoms with van der Waals surface area (Å²) >= 11 is 3.43. The minimum atomic E-state index is 0.672. The number of nitrogens with two attached hydrogens (primary N) is 1. The van der Waals surface area contributed by atoms with Crippen LogP contribution in [0.1, 0.15) is 11.3 Å². The molecule has 0 spiro atoms. The zero-order chi connectivity index (χ0) is 9.97. The van der Waals surface area contributed by atoms with E-state index >= 15 is 0 Å². The Labute approximate surface area is 91.4 Å². The summed E-state index contributed by atoms with van der Waals surface area (Å²) in [4.78, 5) is 4.55. The quantitative estimate of drug-likeness (QED) is 0.870. The summed E-state index contributed by atoms with van der Waals surface area (Å²) in [5.74, 6) is 0. The molecule has 74 valence electrons. The molecule has 2 nitrogen and oxygen atoms in total. The fourth-order valence-corrected chi connectivity index (χ4v) is 3.12. The van der Waals surface area contributed by atoms with E-state index in [4.69, 9.17) is 5.73 Å². The van der Waals surface area contributed by atoms with Gasteiger partial charge < -0.3 is 5.73 Å². The van der Waals surface area contributed by atoms with Crippen molar-refractivity contribution in [1.29, 1.82) is 0 Å². The van der Waals surface area contributed by atoms with Gasteiger partial charge in [-0.2, -0.15) is 11.3 Å². The molecule has 0 atom stereocenters. The zero-order valence-corrected chi connectivity index (χ0v) is 9.62. The molecule has 2 aromatic heterocycles. The van der Waals surface area contributed by atoms with Crippen LogP contribution in [0.4, 0.5) is 0 Å². The molecule has 0 aliphatic carbocycles. The van der Waals surface area contributed by atoms with Gasteiger partial charge in [0, 0.05) is 22.7 Å². The monoisotopic (exact) mass is 224 g/mol. The smallest absolute Gasteiger partial charge is 0.124 e.